The van der Waals surface area contributed by atoms with Gasteiger partial charge >= 0.3 is 12.1 Å². The van der Waals surface area contributed by atoms with Gasteiger partial charge < -0.3 is 60.6 Å². The number of halogens is 3. The van der Waals surface area contributed by atoms with E-state index in [2.05, 4.69) is 5.32 Å². The van der Waals surface area contributed by atoms with Gasteiger partial charge in [-0.3, -0.25) is 9.59 Å². The zero-order chi connectivity index (χ0) is 26.7. The Morgan fingerprint density at radius 2 is 1.60 bits per heavy atom. The monoisotopic (exact) mass is 522 g/mol. The molecule has 2 aliphatic rings. The molecule has 1 unspecified atom stereocenters. The summed E-state index contributed by atoms with van der Waals surface area (Å²) in [4.78, 5) is 22.7. The van der Waals surface area contributed by atoms with Gasteiger partial charge in [0.25, 0.3) is 0 Å². The van der Waals surface area contributed by atoms with Crippen molar-refractivity contribution in [3.05, 3.63) is 0 Å². The van der Waals surface area contributed by atoms with E-state index in [1.165, 1.54) is 5.32 Å². The first kappa shape index (κ1) is 29.6. The molecule has 204 valence electrons. The summed E-state index contributed by atoms with van der Waals surface area (Å²) in [6.45, 7) is -1.57. The quantitative estimate of drug-likeness (QED) is 0.146. The van der Waals surface area contributed by atoms with E-state index in [9.17, 15) is 58.5 Å². The lowest BCUT2D eigenvalue weighted by atomic mass is 9.87. The molecule has 2 rings (SSSR count). The maximum absolute atomic E-state index is 12.4. The zero-order valence-electron chi connectivity index (χ0n) is 18.3. The molecule has 2 heterocycles. The van der Waals surface area contributed by atoms with Gasteiger partial charge in [-0.25, -0.2) is 0 Å². The Morgan fingerprint density at radius 3 is 2.11 bits per heavy atom. The number of rotatable bonds is 8. The van der Waals surface area contributed by atoms with Crippen LogP contribution in [-0.2, 0) is 23.8 Å². The molecule has 0 bridgehead atoms. The number of alkyl halides is 3. The van der Waals surface area contributed by atoms with E-state index in [4.69, 9.17) is 14.2 Å². The van der Waals surface area contributed by atoms with Crippen LogP contribution < -0.4 is 10.6 Å². The van der Waals surface area contributed by atoms with E-state index in [1.54, 1.807) is 0 Å². The molecular weight excluding hydrogens is 493 g/mol. The molecule has 2 aliphatic heterocycles. The van der Waals surface area contributed by atoms with Crippen molar-refractivity contribution < 1.29 is 72.7 Å². The standard InChI is InChI=1S/C18H29F3N2O12/c1-6(26)23-14-12(30)13(34-15-11(29)10(28)9(27)7(4-24)33-15)8(5-25)35-17(14,32)2-3-22-16(31)18(19,20)21/h7-15,24-25,27-30,32H,2-5H2,1H3,(H,22,31)(H,23,26)/t7-,8-,9+,10+,11-,12+,13-,14-,15+,17?/m1/s1. The smallest absolute Gasteiger partial charge is 0.394 e. The van der Waals surface area contributed by atoms with Gasteiger partial charge in [0.05, 0.1) is 13.2 Å². The molecule has 0 aromatic rings. The summed E-state index contributed by atoms with van der Waals surface area (Å²) in [5.74, 6) is -5.73. The number of aliphatic hydroxyl groups is 7. The molecule has 0 aromatic carbocycles. The van der Waals surface area contributed by atoms with Gasteiger partial charge in [0.2, 0.25) is 5.91 Å². The molecule has 17 heteroatoms. The Hall–Kier alpha value is -1.67. The molecule has 2 amide bonds. The number of aliphatic hydroxyl groups excluding tert-OH is 6. The lowest BCUT2D eigenvalue weighted by Crippen LogP contribution is -2.72. The van der Waals surface area contributed by atoms with E-state index in [0.29, 0.717) is 0 Å². The summed E-state index contributed by atoms with van der Waals surface area (Å²) >= 11 is 0. The highest BCUT2D eigenvalue weighted by Gasteiger charge is 2.56. The Balaban J connectivity index is 2.23. The van der Waals surface area contributed by atoms with Crippen molar-refractivity contribution in [3.63, 3.8) is 0 Å². The van der Waals surface area contributed by atoms with Crippen molar-refractivity contribution in [2.24, 2.45) is 0 Å². The van der Waals surface area contributed by atoms with E-state index < -0.39 is 105 Å². The highest BCUT2D eigenvalue weighted by Crippen LogP contribution is 2.34. The molecule has 2 saturated heterocycles. The maximum atomic E-state index is 12.4. The van der Waals surface area contributed by atoms with Gasteiger partial charge in [0.1, 0.15) is 48.8 Å². The Bertz CT molecular complexity index is 744. The second-order valence-electron chi connectivity index (χ2n) is 8.15. The molecule has 35 heavy (non-hydrogen) atoms. The van der Waals surface area contributed by atoms with Crippen LogP contribution in [0.4, 0.5) is 13.2 Å². The van der Waals surface area contributed by atoms with Crippen LogP contribution in [0.1, 0.15) is 13.3 Å². The number of ether oxygens (including phenoxy) is 3. The molecule has 9 N–H and O–H groups in total. The molecule has 0 aliphatic carbocycles. The molecule has 2 fully saturated rings. The highest BCUT2D eigenvalue weighted by molar-refractivity contribution is 5.81. The summed E-state index contributed by atoms with van der Waals surface area (Å²) in [5, 5.41) is 74.4. The van der Waals surface area contributed by atoms with Crippen molar-refractivity contribution in [2.45, 2.75) is 80.4 Å². The lowest BCUT2D eigenvalue weighted by molar-refractivity contribution is -0.366. The molecule has 14 nitrogen and oxygen atoms in total. The predicted octanol–water partition coefficient (Wildman–Crippen LogP) is -4.81. The Kier molecular flexibility index (Phi) is 9.79. The number of amides is 2. The highest BCUT2D eigenvalue weighted by atomic mass is 19.4. The van der Waals surface area contributed by atoms with E-state index in [1.807, 2.05) is 0 Å². The fourth-order valence-electron chi connectivity index (χ4n) is 3.81. The number of carbonyl (C=O) groups excluding carboxylic acids is 2. The fourth-order valence-corrected chi connectivity index (χ4v) is 3.81. The lowest BCUT2D eigenvalue weighted by Gasteiger charge is -2.50. The minimum absolute atomic E-state index is 0.778. The topological polar surface area (TPSA) is 227 Å². The fraction of sp³-hybridized carbons (Fsp3) is 0.889. The number of nitrogens with one attached hydrogen (secondary N) is 2. The third-order valence-electron chi connectivity index (χ3n) is 5.59. The molecule has 0 radical (unpaired) electrons. The van der Waals surface area contributed by atoms with Crippen LogP contribution in [0.3, 0.4) is 0 Å². The average Bonchev–Trinajstić information content (AvgIpc) is 2.77. The average molecular weight is 522 g/mol. The Labute approximate surface area is 196 Å². The van der Waals surface area contributed by atoms with Crippen molar-refractivity contribution >= 4 is 11.8 Å². The first-order valence-electron chi connectivity index (χ1n) is 10.4. The van der Waals surface area contributed by atoms with Gasteiger partial charge in [-0.15, -0.1) is 0 Å². The SMILES string of the molecule is CC(=O)N[C@@H]1[C@@H](O)[C@H](O[C@@H]2O[C@H](CO)[C@H](O)[C@H](O)[C@H]2O)[C@@H](CO)OC1(O)CCNC(=O)C(F)(F)F. The van der Waals surface area contributed by atoms with Crippen molar-refractivity contribution in [2.75, 3.05) is 19.8 Å². The summed E-state index contributed by atoms with van der Waals surface area (Å²) in [6, 6.07) is -1.78. The van der Waals surface area contributed by atoms with E-state index in [-0.39, 0.29) is 0 Å². The second-order valence-corrected chi connectivity index (χ2v) is 8.15. The molecule has 0 spiro atoms. The van der Waals surface area contributed by atoms with Crippen LogP contribution in [0, 0.1) is 0 Å². The first-order valence-corrected chi connectivity index (χ1v) is 10.4. The minimum Gasteiger partial charge on any atom is -0.394 e. The molecule has 0 aromatic heterocycles. The van der Waals surface area contributed by atoms with Crippen LogP contribution in [0.5, 0.6) is 0 Å². The van der Waals surface area contributed by atoms with Crippen molar-refractivity contribution in [1.82, 2.24) is 10.6 Å². The van der Waals surface area contributed by atoms with Crippen LogP contribution in [0.25, 0.3) is 0 Å². The third-order valence-corrected chi connectivity index (χ3v) is 5.59. The normalized spacial score (nSPS) is 40.3. The summed E-state index contributed by atoms with van der Waals surface area (Å²) in [6.07, 6.45) is -19.9. The van der Waals surface area contributed by atoms with Crippen molar-refractivity contribution in [3.8, 4) is 0 Å². The first-order chi connectivity index (χ1) is 16.2. The molecular formula is C18H29F3N2O12. The van der Waals surface area contributed by atoms with Gasteiger partial charge in [-0.2, -0.15) is 13.2 Å². The van der Waals surface area contributed by atoms with Crippen LogP contribution in [-0.4, -0.2) is 134 Å². The maximum Gasteiger partial charge on any atom is 0.471 e. The van der Waals surface area contributed by atoms with Gasteiger partial charge in [0.15, 0.2) is 12.1 Å². The van der Waals surface area contributed by atoms with E-state index >= 15 is 0 Å². The summed E-state index contributed by atoms with van der Waals surface area (Å²) in [5.41, 5.74) is 0. The zero-order valence-corrected chi connectivity index (χ0v) is 18.3. The van der Waals surface area contributed by atoms with Crippen LogP contribution in [0.15, 0.2) is 0 Å². The summed E-state index contributed by atoms with van der Waals surface area (Å²) < 4.78 is 53.2. The number of hydrogen-bond donors (Lipinski definition) is 9. The molecule has 0 saturated carbocycles. The van der Waals surface area contributed by atoms with Gasteiger partial charge in [-0.1, -0.05) is 0 Å². The Morgan fingerprint density at radius 1 is 1.00 bits per heavy atom. The largest absolute Gasteiger partial charge is 0.471 e. The second kappa shape index (κ2) is 11.6. The summed E-state index contributed by atoms with van der Waals surface area (Å²) in [7, 11) is 0. The van der Waals surface area contributed by atoms with Crippen LogP contribution >= 0.6 is 0 Å². The van der Waals surface area contributed by atoms with E-state index in [0.717, 1.165) is 6.92 Å². The number of carbonyl (C=O) groups is 2. The minimum atomic E-state index is -5.20. The number of hydrogen-bond acceptors (Lipinski definition) is 12. The molecule has 10 atom stereocenters. The predicted molar refractivity (Wildman–Crippen MR) is 103 cm³/mol. The third kappa shape index (κ3) is 6.76. The van der Waals surface area contributed by atoms with Gasteiger partial charge in [0, 0.05) is 19.9 Å². The van der Waals surface area contributed by atoms with Gasteiger partial charge in [-0.05, 0) is 0 Å². The van der Waals surface area contributed by atoms with Crippen molar-refractivity contribution in [1.29, 1.82) is 0 Å². The van der Waals surface area contributed by atoms with Crippen LogP contribution in [0.2, 0.25) is 0 Å².